The predicted molar refractivity (Wildman–Crippen MR) is 47.4 cm³/mol. The molecular weight excluding hydrogens is 386 g/mol. The molecule has 0 spiro atoms. The maximum absolute atomic E-state index is 12.9. The number of halogens is 14. The normalized spacial score (nSPS) is 14.4. The van der Waals surface area contributed by atoms with Crippen LogP contribution in [0.25, 0.3) is 0 Å². The van der Waals surface area contributed by atoms with Crippen LogP contribution in [-0.2, 0) is 0 Å². The van der Waals surface area contributed by atoms with Crippen molar-refractivity contribution in [3.05, 3.63) is 0 Å². The molecule has 0 aromatic rings. The zero-order valence-electron chi connectivity index (χ0n) is 10.3. The summed E-state index contributed by atoms with van der Waals surface area (Å²) < 4.78 is 176. The first-order valence-corrected chi connectivity index (χ1v) is 4.90. The van der Waals surface area contributed by atoms with E-state index in [0.717, 1.165) is 0 Å². The summed E-state index contributed by atoms with van der Waals surface area (Å²) in [5.74, 6) is -45.3. The Kier molecular flexibility index (Phi) is 5.44. The van der Waals surface area contributed by atoms with Gasteiger partial charge in [0.1, 0.15) is 12.3 Å². The van der Waals surface area contributed by atoms with E-state index < -0.39 is 59.7 Å². The Balaban J connectivity index is 6.44. The van der Waals surface area contributed by atoms with E-state index in [1.54, 1.807) is 0 Å². The largest absolute Gasteiger partial charge is 0.390 e. The van der Waals surface area contributed by atoms with E-state index >= 15 is 0 Å². The Morgan fingerprint density at radius 2 is 0.583 bits per heavy atom. The third kappa shape index (κ3) is 2.82. The Labute approximate surface area is 122 Å². The molecule has 0 amide bonds. The molecule has 0 aromatic heterocycles. The van der Waals surface area contributed by atoms with E-state index in [2.05, 4.69) is 0 Å². The van der Waals surface area contributed by atoms with Crippen molar-refractivity contribution in [1.82, 2.24) is 0 Å². The SMILES string of the molecule is FC#CC(F)(F)C(F)(F)C(F)(F)C(F)(F)C(F)(F)C(F)(F)C#CF. The average Bonchev–Trinajstić information content (AvgIpc) is 2.37. The molecule has 0 atom stereocenters. The summed E-state index contributed by atoms with van der Waals surface area (Å²) in [6, 6.07) is 0. The lowest BCUT2D eigenvalue weighted by Crippen LogP contribution is -2.70. The van der Waals surface area contributed by atoms with Crippen molar-refractivity contribution in [3.8, 4) is 24.2 Å². The third-order valence-corrected chi connectivity index (χ3v) is 2.38. The van der Waals surface area contributed by atoms with Gasteiger partial charge in [-0.1, -0.05) is 0 Å². The Morgan fingerprint density at radius 1 is 0.375 bits per heavy atom. The van der Waals surface area contributed by atoms with E-state index in [1.807, 2.05) is 0 Å². The molecule has 0 rings (SSSR count). The summed E-state index contributed by atoms with van der Waals surface area (Å²) in [5, 5.41) is 0. The summed E-state index contributed by atoms with van der Waals surface area (Å²) in [6.45, 7) is 0. The fourth-order valence-electron chi connectivity index (χ4n) is 1.06. The van der Waals surface area contributed by atoms with Gasteiger partial charge in [-0.25, -0.2) is 0 Å². The van der Waals surface area contributed by atoms with Crippen LogP contribution in [0.15, 0.2) is 0 Å². The predicted octanol–water partition coefficient (Wildman–Crippen LogP) is 4.66. The fraction of sp³-hybridized carbons (Fsp3) is 0.600. The molecule has 0 fully saturated rings. The second-order valence-corrected chi connectivity index (χ2v) is 3.89. The van der Waals surface area contributed by atoms with Gasteiger partial charge in [-0.05, 0) is 0 Å². The van der Waals surface area contributed by atoms with Crippen molar-refractivity contribution < 1.29 is 61.5 Å². The van der Waals surface area contributed by atoms with Crippen LogP contribution in [0.4, 0.5) is 61.5 Å². The fourth-order valence-corrected chi connectivity index (χ4v) is 1.06. The molecule has 0 N–H and O–H groups in total. The van der Waals surface area contributed by atoms with Crippen LogP contribution < -0.4 is 0 Å². The number of alkyl halides is 12. The highest BCUT2D eigenvalue weighted by atomic mass is 19.4. The Hall–Kier alpha value is -1.86. The molecular formula is C10F14. The molecule has 0 nitrogen and oxygen atoms in total. The molecule has 0 saturated heterocycles. The van der Waals surface area contributed by atoms with Crippen LogP contribution in [0, 0.1) is 24.2 Å². The second-order valence-electron chi connectivity index (χ2n) is 3.89. The summed E-state index contributed by atoms with van der Waals surface area (Å²) >= 11 is 0. The quantitative estimate of drug-likeness (QED) is 0.477. The van der Waals surface area contributed by atoms with E-state index in [-0.39, 0.29) is 0 Å². The Bertz CT molecular complexity index is 539. The molecule has 24 heavy (non-hydrogen) atoms. The van der Waals surface area contributed by atoms with E-state index in [4.69, 9.17) is 0 Å². The summed E-state index contributed by atoms with van der Waals surface area (Å²) in [4.78, 5) is 0. The third-order valence-electron chi connectivity index (χ3n) is 2.38. The lowest BCUT2D eigenvalue weighted by molar-refractivity contribution is -0.413. The summed E-state index contributed by atoms with van der Waals surface area (Å²) in [7, 11) is 0. The van der Waals surface area contributed by atoms with Crippen LogP contribution in [0.5, 0.6) is 0 Å². The van der Waals surface area contributed by atoms with Gasteiger partial charge in [0.2, 0.25) is 0 Å². The van der Waals surface area contributed by atoms with Crippen molar-refractivity contribution >= 4 is 0 Å². The molecule has 0 radical (unpaired) electrons. The molecule has 14 heteroatoms. The highest BCUT2D eigenvalue weighted by molar-refractivity contribution is 5.23. The standard InChI is InChI=1S/C10F14/c11-3-1-5(13,14)7(17,18)9(21,22)10(23,24)8(19,20)6(15,16)2-4-12. The van der Waals surface area contributed by atoms with Gasteiger partial charge in [0.05, 0.1) is 0 Å². The first kappa shape index (κ1) is 22.1. The molecule has 0 bridgehead atoms. The summed E-state index contributed by atoms with van der Waals surface area (Å²) in [6.07, 6.45) is -1.08. The topological polar surface area (TPSA) is 0 Å². The molecule has 0 heterocycles. The van der Waals surface area contributed by atoms with Crippen LogP contribution in [-0.4, -0.2) is 35.5 Å². The minimum Gasteiger partial charge on any atom is -0.192 e. The lowest BCUT2D eigenvalue weighted by Gasteiger charge is -2.39. The molecule has 138 valence electrons. The highest BCUT2D eigenvalue weighted by Crippen LogP contribution is 2.59. The highest BCUT2D eigenvalue weighted by Gasteiger charge is 2.90. The second kappa shape index (κ2) is 5.89. The van der Waals surface area contributed by atoms with Crippen LogP contribution in [0.1, 0.15) is 0 Å². The molecule has 0 aliphatic heterocycles. The van der Waals surface area contributed by atoms with Crippen molar-refractivity contribution in [3.63, 3.8) is 0 Å². The Morgan fingerprint density at radius 3 is 0.750 bits per heavy atom. The number of rotatable bonds is 5. The smallest absolute Gasteiger partial charge is 0.192 e. The minimum atomic E-state index is -7.89. The van der Waals surface area contributed by atoms with Crippen LogP contribution >= 0.6 is 0 Å². The lowest BCUT2D eigenvalue weighted by atomic mass is 9.92. The average molecular weight is 386 g/mol. The maximum Gasteiger partial charge on any atom is 0.390 e. The van der Waals surface area contributed by atoms with Crippen molar-refractivity contribution in [2.24, 2.45) is 0 Å². The first-order chi connectivity index (χ1) is 10.4. The van der Waals surface area contributed by atoms with E-state index in [9.17, 15) is 61.5 Å². The van der Waals surface area contributed by atoms with Crippen LogP contribution in [0.3, 0.4) is 0 Å². The van der Waals surface area contributed by atoms with Crippen molar-refractivity contribution in [2.75, 3.05) is 0 Å². The monoisotopic (exact) mass is 386 g/mol. The van der Waals surface area contributed by atoms with Gasteiger partial charge in [0.25, 0.3) is 0 Å². The zero-order valence-corrected chi connectivity index (χ0v) is 10.3. The van der Waals surface area contributed by atoms with Crippen molar-refractivity contribution in [1.29, 1.82) is 0 Å². The first-order valence-electron chi connectivity index (χ1n) is 4.90. The minimum absolute atomic E-state index is 0.539. The number of hydrogen-bond donors (Lipinski definition) is 0. The van der Waals surface area contributed by atoms with Crippen molar-refractivity contribution in [2.45, 2.75) is 35.5 Å². The molecule has 0 aromatic carbocycles. The van der Waals surface area contributed by atoms with Gasteiger partial charge >= 0.3 is 35.5 Å². The van der Waals surface area contributed by atoms with Crippen LogP contribution in [0.2, 0.25) is 0 Å². The van der Waals surface area contributed by atoms with Gasteiger partial charge in [0, 0.05) is 11.8 Å². The van der Waals surface area contributed by atoms with Gasteiger partial charge in [-0.2, -0.15) is 52.7 Å². The van der Waals surface area contributed by atoms with Gasteiger partial charge in [-0.3, -0.25) is 0 Å². The van der Waals surface area contributed by atoms with Gasteiger partial charge in [-0.15, -0.1) is 8.78 Å². The molecule has 0 aliphatic carbocycles. The van der Waals surface area contributed by atoms with E-state index in [1.165, 1.54) is 0 Å². The summed E-state index contributed by atoms with van der Waals surface area (Å²) in [5.41, 5.74) is 0. The molecule has 0 aliphatic rings. The van der Waals surface area contributed by atoms with E-state index in [0.29, 0.717) is 0 Å². The van der Waals surface area contributed by atoms with Gasteiger partial charge in [0.15, 0.2) is 0 Å². The zero-order chi connectivity index (χ0) is 19.8. The van der Waals surface area contributed by atoms with Gasteiger partial charge < -0.3 is 0 Å². The maximum atomic E-state index is 12.9. The number of hydrogen-bond acceptors (Lipinski definition) is 0. The molecule has 0 saturated carbocycles. The molecule has 0 unspecified atom stereocenters.